The molecule has 1 aromatic rings. The fourth-order valence-corrected chi connectivity index (χ4v) is 2.70. The number of nitro benzene ring substituents is 1. The molecule has 1 heterocycles. The molecule has 0 saturated carbocycles. The Hall–Kier alpha value is -1.17. The van der Waals surface area contributed by atoms with E-state index in [0.717, 1.165) is 38.0 Å². The number of benzene rings is 1. The summed E-state index contributed by atoms with van der Waals surface area (Å²) in [6.07, 6.45) is 2.17. The second-order valence-electron chi connectivity index (χ2n) is 5.63. The van der Waals surface area contributed by atoms with Crippen molar-refractivity contribution in [2.45, 2.75) is 31.8 Å². The molecule has 1 N–H and O–H groups in total. The summed E-state index contributed by atoms with van der Waals surface area (Å²) in [5.41, 5.74) is 1.14. The molecule has 1 fully saturated rings. The lowest BCUT2D eigenvalue weighted by Gasteiger charge is -2.39. The molecular formula is C14H20ClN3O2. The van der Waals surface area contributed by atoms with E-state index in [-0.39, 0.29) is 16.2 Å². The lowest BCUT2D eigenvalue weighted by Crippen LogP contribution is -2.49. The molecule has 0 unspecified atom stereocenters. The second-order valence-corrected chi connectivity index (χ2v) is 6.04. The Bertz CT molecular complexity index is 499. The van der Waals surface area contributed by atoms with Gasteiger partial charge in [-0.15, -0.1) is 0 Å². The van der Waals surface area contributed by atoms with Gasteiger partial charge in [0.25, 0.3) is 5.69 Å². The van der Waals surface area contributed by atoms with Gasteiger partial charge in [0.05, 0.1) is 4.92 Å². The Kier molecular flexibility index (Phi) is 4.62. The third-order valence-corrected chi connectivity index (χ3v) is 4.50. The average Bonchev–Trinajstić information content (AvgIpc) is 2.43. The molecule has 20 heavy (non-hydrogen) atoms. The number of nitrogens with zero attached hydrogens (tertiary/aromatic N) is 2. The van der Waals surface area contributed by atoms with Gasteiger partial charge in [-0.25, -0.2) is 0 Å². The van der Waals surface area contributed by atoms with Gasteiger partial charge in [0.1, 0.15) is 5.02 Å². The first kappa shape index (κ1) is 15.2. The van der Waals surface area contributed by atoms with Crippen molar-refractivity contribution in [1.82, 2.24) is 10.2 Å². The zero-order valence-corrected chi connectivity index (χ0v) is 12.6. The van der Waals surface area contributed by atoms with Crippen molar-refractivity contribution in [2.24, 2.45) is 0 Å². The summed E-state index contributed by atoms with van der Waals surface area (Å²) < 4.78 is 0. The number of halogens is 1. The van der Waals surface area contributed by atoms with Crippen molar-refractivity contribution in [1.29, 1.82) is 0 Å². The first-order chi connectivity index (χ1) is 9.43. The van der Waals surface area contributed by atoms with E-state index in [0.29, 0.717) is 0 Å². The van der Waals surface area contributed by atoms with E-state index >= 15 is 0 Å². The third-order valence-electron chi connectivity index (χ3n) is 4.18. The molecule has 5 nitrogen and oxygen atoms in total. The molecule has 0 amide bonds. The standard InChI is InChI=1S/C14H20ClN3O2/c1-14(16-2)5-7-17(8-6-14)10-11-3-4-12(15)13(9-11)18(19)20/h3-4,9,16H,5-8,10H2,1-2H3. The number of rotatable bonds is 4. The SMILES string of the molecule is CNC1(C)CCN(Cc2ccc(Cl)c([N+](=O)[O-])c2)CC1. The normalized spacial score (nSPS) is 18.9. The van der Waals surface area contributed by atoms with E-state index < -0.39 is 4.92 Å². The van der Waals surface area contributed by atoms with Crippen LogP contribution in [0.4, 0.5) is 5.69 Å². The number of nitro groups is 1. The van der Waals surface area contributed by atoms with E-state index in [9.17, 15) is 10.1 Å². The van der Waals surface area contributed by atoms with E-state index in [1.807, 2.05) is 13.1 Å². The monoisotopic (exact) mass is 297 g/mol. The number of likely N-dealkylation sites (tertiary alicyclic amines) is 1. The van der Waals surface area contributed by atoms with Crippen LogP contribution in [0.5, 0.6) is 0 Å². The first-order valence-electron chi connectivity index (χ1n) is 6.78. The summed E-state index contributed by atoms with van der Waals surface area (Å²) >= 11 is 5.83. The van der Waals surface area contributed by atoms with Crippen LogP contribution in [-0.4, -0.2) is 35.5 Å². The molecule has 0 spiro atoms. The van der Waals surface area contributed by atoms with Crippen LogP contribution in [0.25, 0.3) is 0 Å². The molecule has 0 bridgehead atoms. The molecule has 1 saturated heterocycles. The molecule has 0 radical (unpaired) electrons. The lowest BCUT2D eigenvalue weighted by atomic mass is 9.90. The van der Waals surface area contributed by atoms with Crippen molar-refractivity contribution in [3.05, 3.63) is 38.9 Å². The van der Waals surface area contributed by atoms with E-state index in [2.05, 4.69) is 17.1 Å². The maximum absolute atomic E-state index is 10.9. The van der Waals surface area contributed by atoms with Crippen molar-refractivity contribution < 1.29 is 4.92 Å². The minimum Gasteiger partial charge on any atom is -0.314 e. The Labute approximate surface area is 124 Å². The molecule has 0 atom stereocenters. The van der Waals surface area contributed by atoms with Crippen LogP contribution >= 0.6 is 11.6 Å². The quantitative estimate of drug-likeness (QED) is 0.686. The van der Waals surface area contributed by atoms with Crippen LogP contribution in [0.2, 0.25) is 5.02 Å². The van der Waals surface area contributed by atoms with Crippen LogP contribution in [-0.2, 0) is 6.54 Å². The summed E-state index contributed by atoms with van der Waals surface area (Å²) in [5.74, 6) is 0. The molecular weight excluding hydrogens is 278 g/mol. The molecule has 2 rings (SSSR count). The largest absolute Gasteiger partial charge is 0.314 e. The van der Waals surface area contributed by atoms with Gasteiger partial charge in [-0.05, 0) is 38.4 Å². The Balaban J connectivity index is 2.01. The molecule has 1 aliphatic rings. The van der Waals surface area contributed by atoms with Gasteiger partial charge in [0, 0.05) is 31.2 Å². The third kappa shape index (κ3) is 3.48. The summed E-state index contributed by atoms with van der Waals surface area (Å²) in [5, 5.41) is 14.4. The average molecular weight is 298 g/mol. The highest BCUT2D eigenvalue weighted by Crippen LogP contribution is 2.27. The van der Waals surface area contributed by atoms with E-state index in [4.69, 9.17) is 11.6 Å². The van der Waals surface area contributed by atoms with Gasteiger partial charge in [-0.2, -0.15) is 0 Å². The predicted molar refractivity (Wildman–Crippen MR) is 80.1 cm³/mol. The van der Waals surface area contributed by atoms with Crippen molar-refractivity contribution in [3.63, 3.8) is 0 Å². The van der Waals surface area contributed by atoms with Gasteiger partial charge in [-0.1, -0.05) is 17.7 Å². The summed E-state index contributed by atoms with van der Waals surface area (Å²) in [4.78, 5) is 12.8. The van der Waals surface area contributed by atoms with Crippen molar-refractivity contribution in [2.75, 3.05) is 20.1 Å². The first-order valence-corrected chi connectivity index (χ1v) is 7.15. The van der Waals surface area contributed by atoms with Gasteiger partial charge < -0.3 is 5.32 Å². The number of piperidine rings is 1. The maximum Gasteiger partial charge on any atom is 0.288 e. The summed E-state index contributed by atoms with van der Waals surface area (Å²) in [7, 11) is 2.00. The molecule has 1 aromatic carbocycles. The summed E-state index contributed by atoms with van der Waals surface area (Å²) in [6, 6.07) is 5.05. The topological polar surface area (TPSA) is 58.4 Å². The number of hydrogen-bond donors (Lipinski definition) is 1. The number of nitrogens with one attached hydrogen (secondary N) is 1. The fourth-order valence-electron chi connectivity index (χ4n) is 2.51. The van der Waals surface area contributed by atoms with Crippen molar-refractivity contribution >= 4 is 17.3 Å². The smallest absolute Gasteiger partial charge is 0.288 e. The highest BCUT2D eigenvalue weighted by Gasteiger charge is 2.28. The number of hydrogen-bond acceptors (Lipinski definition) is 4. The molecule has 0 aromatic heterocycles. The van der Waals surface area contributed by atoms with E-state index in [1.165, 1.54) is 0 Å². The molecule has 0 aliphatic carbocycles. The second kappa shape index (κ2) is 6.08. The van der Waals surface area contributed by atoms with Crippen LogP contribution in [0.3, 0.4) is 0 Å². The van der Waals surface area contributed by atoms with Crippen LogP contribution in [0, 0.1) is 10.1 Å². The summed E-state index contributed by atoms with van der Waals surface area (Å²) in [6.45, 7) is 4.96. The van der Waals surface area contributed by atoms with Crippen LogP contribution in [0.15, 0.2) is 18.2 Å². The van der Waals surface area contributed by atoms with Gasteiger partial charge in [0.2, 0.25) is 0 Å². The zero-order valence-electron chi connectivity index (χ0n) is 11.9. The predicted octanol–water partition coefficient (Wildman–Crippen LogP) is 2.82. The molecule has 110 valence electrons. The van der Waals surface area contributed by atoms with Crippen molar-refractivity contribution in [3.8, 4) is 0 Å². The minimum absolute atomic E-state index is 0.0127. The maximum atomic E-state index is 10.9. The van der Waals surface area contributed by atoms with Gasteiger partial charge in [-0.3, -0.25) is 15.0 Å². The van der Waals surface area contributed by atoms with E-state index in [1.54, 1.807) is 12.1 Å². The minimum atomic E-state index is -0.430. The fraction of sp³-hybridized carbons (Fsp3) is 0.571. The van der Waals surface area contributed by atoms with Crippen LogP contribution in [0.1, 0.15) is 25.3 Å². The Morgan fingerprint density at radius 2 is 2.10 bits per heavy atom. The lowest BCUT2D eigenvalue weighted by molar-refractivity contribution is -0.384. The zero-order chi connectivity index (χ0) is 14.8. The molecule has 1 aliphatic heterocycles. The van der Waals surface area contributed by atoms with Gasteiger partial charge >= 0.3 is 0 Å². The van der Waals surface area contributed by atoms with Crippen LogP contribution < -0.4 is 5.32 Å². The van der Waals surface area contributed by atoms with Gasteiger partial charge in [0.15, 0.2) is 0 Å². The highest BCUT2D eigenvalue weighted by molar-refractivity contribution is 6.32. The Morgan fingerprint density at radius 1 is 1.45 bits per heavy atom. The Morgan fingerprint density at radius 3 is 2.65 bits per heavy atom. The molecule has 6 heteroatoms. The highest BCUT2D eigenvalue weighted by atomic mass is 35.5.